The Labute approximate surface area is 89.7 Å². The molecule has 2 heteroatoms. The topological polar surface area (TPSA) is 27.8 Å². The first-order valence-corrected chi connectivity index (χ1v) is 5.72. The number of hydrogen-bond acceptors (Lipinski definition) is 1. The van der Waals surface area contributed by atoms with Gasteiger partial charge >= 0.3 is 0 Å². The zero-order valence-electron chi connectivity index (χ0n) is 9.06. The van der Waals surface area contributed by atoms with Gasteiger partial charge in [-0.1, -0.05) is 25.1 Å². The molecule has 0 saturated carbocycles. The van der Waals surface area contributed by atoms with Crippen LogP contribution in [0.1, 0.15) is 23.7 Å². The predicted molar refractivity (Wildman–Crippen MR) is 63.1 cm³/mol. The normalized spacial score (nSPS) is 15.5. The van der Waals surface area contributed by atoms with E-state index < -0.39 is 0 Å². The lowest BCUT2D eigenvalue weighted by Gasteiger charge is -2.12. The number of nitrogens with one attached hydrogen (secondary N) is 2. The quantitative estimate of drug-likeness (QED) is 0.726. The van der Waals surface area contributed by atoms with Crippen molar-refractivity contribution in [1.29, 1.82) is 0 Å². The number of rotatable bonds is 1. The van der Waals surface area contributed by atoms with Crippen LogP contribution in [0.3, 0.4) is 0 Å². The number of fused-ring (bicyclic) bond motifs is 3. The number of benzene rings is 1. The van der Waals surface area contributed by atoms with E-state index in [1.807, 2.05) is 0 Å². The summed E-state index contributed by atoms with van der Waals surface area (Å²) in [5.74, 6) is 0. The lowest BCUT2D eigenvalue weighted by atomic mass is 10.0. The molecule has 0 amide bonds. The Bertz CT molecular complexity index is 496. The van der Waals surface area contributed by atoms with E-state index in [1.165, 1.54) is 27.7 Å². The zero-order chi connectivity index (χ0) is 10.3. The second-order valence-corrected chi connectivity index (χ2v) is 4.20. The average Bonchev–Trinajstić information content (AvgIpc) is 2.67. The average molecular weight is 200 g/mol. The predicted octanol–water partition coefficient (Wildman–Crippen LogP) is 2.38. The molecule has 0 aliphatic carbocycles. The van der Waals surface area contributed by atoms with Crippen LogP contribution in [0.15, 0.2) is 18.2 Å². The van der Waals surface area contributed by atoms with Gasteiger partial charge in [0.15, 0.2) is 0 Å². The molecule has 2 N–H and O–H groups in total. The monoisotopic (exact) mass is 200 g/mol. The van der Waals surface area contributed by atoms with Crippen molar-refractivity contribution >= 4 is 10.9 Å². The molecule has 2 aromatic rings. The first-order chi connectivity index (χ1) is 7.40. The number of aromatic nitrogens is 1. The van der Waals surface area contributed by atoms with E-state index in [4.69, 9.17) is 0 Å². The summed E-state index contributed by atoms with van der Waals surface area (Å²) in [7, 11) is 0. The molecule has 1 aromatic heterocycles. The van der Waals surface area contributed by atoms with E-state index in [9.17, 15) is 0 Å². The van der Waals surface area contributed by atoms with Crippen LogP contribution in [-0.2, 0) is 19.4 Å². The second-order valence-electron chi connectivity index (χ2n) is 4.20. The van der Waals surface area contributed by atoms with E-state index in [2.05, 4.69) is 35.4 Å². The molecule has 0 spiro atoms. The van der Waals surface area contributed by atoms with Crippen LogP contribution in [0.25, 0.3) is 10.9 Å². The van der Waals surface area contributed by atoms with Gasteiger partial charge < -0.3 is 10.3 Å². The summed E-state index contributed by atoms with van der Waals surface area (Å²) in [6.07, 6.45) is 2.26. The molecule has 1 aliphatic rings. The van der Waals surface area contributed by atoms with Crippen LogP contribution in [0, 0.1) is 0 Å². The molecule has 78 valence electrons. The maximum atomic E-state index is 3.57. The van der Waals surface area contributed by atoms with Crippen LogP contribution in [-0.4, -0.2) is 11.5 Å². The largest absolute Gasteiger partial charge is 0.357 e. The summed E-state index contributed by atoms with van der Waals surface area (Å²) in [6, 6.07) is 6.64. The molecule has 0 bridgehead atoms. The van der Waals surface area contributed by atoms with E-state index in [1.54, 1.807) is 0 Å². The van der Waals surface area contributed by atoms with Gasteiger partial charge in [0, 0.05) is 23.1 Å². The first kappa shape index (κ1) is 8.98. The Morgan fingerprint density at radius 1 is 1.33 bits per heavy atom. The molecule has 0 atom stereocenters. The fourth-order valence-corrected chi connectivity index (χ4v) is 2.55. The van der Waals surface area contributed by atoms with Gasteiger partial charge in [0.05, 0.1) is 0 Å². The minimum atomic E-state index is 0.993. The highest BCUT2D eigenvalue weighted by atomic mass is 14.9. The minimum absolute atomic E-state index is 0.993. The standard InChI is InChI=1S/C13H16N2/c1-2-9-4-3-5-11-10-6-7-14-8-12(10)15-13(9)11/h3-5,14-15H,2,6-8H2,1H3. The summed E-state index contributed by atoms with van der Waals surface area (Å²) in [5.41, 5.74) is 5.70. The molecule has 0 fully saturated rings. The summed E-state index contributed by atoms with van der Waals surface area (Å²) in [5, 5.41) is 4.84. The molecule has 2 nitrogen and oxygen atoms in total. The summed E-state index contributed by atoms with van der Waals surface area (Å²) in [4.78, 5) is 3.57. The lowest BCUT2D eigenvalue weighted by molar-refractivity contribution is 0.637. The van der Waals surface area contributed by atoms with E-state index in [0.29, 0.717) is 0 Å². The molecule has 15 heavy (non-hydrogen) atoms. The Morgan fingerprint density at radius 3 is 3.13 bits per heavy atom. The molecule has 3 rings (SSSR count). The highest BCUT2D eigenvalue weighted by molar-refractivity contribution is 5.87. The van der Waals surface area contributed by atoms with Gasteiger partial charge in [-0.25, -0.2) is 0 Å². The Balaban J connectivity index is 2.31. The van der Waals surface area contributed by atoms with Crippen LogP contribution in [0.2, 0.25) is 0 Å². The Morgan fingerprint density at radius 2 is 2.27 bits per heavy atom. The third kappa shape index (κ3) is 1.29. The van der Waals surface area contributed by atoms with E-state index in [-0.39, 0.29) is 0 Å². The van der Waals surface area contributed by atoms with Crippen LogP contribution >= 0.6 is 0 Å². The number of H-pyrrole nitrogens is 1. The smallest absolute Gasteiger partial charge is 0.0491 e. The molecule has 0 radical (unpaired) electrons. The minimum Gasteiger partial charge on any atom is -0.357 e. The van der Waals surface area contributed by atoms with Gasteiger partial charge in [0.1, 0.15) is 0 Å². The second kappa shape index (κ2) is 3.38. The van der Waals surface area contributed by atoms with Crippen molar-refractivity contribution in [1.82, 2.24) is 10.3 Å². The molecule has 1 aliphatic heterocycles. The van der Waals surface area contributed by atoms with Gasteiger partial charge in [0.25, 0.3) is 0 Å². The summed E-state index contributed by atoms with van der Waals surface area (Å²) in [6.45, 7) is 4.32. The maximum absolute atomic E-state index is 3.57. The van der Waals surface area contributed by atoms with Crippen molar-refractivity contribution in [3.63, 3.8) is 0 Å². The molecule has 0 unspecified atom stereocenters. The third-order valence-corrected chi connectivity index (χ3v) is 3.35. The zero-order valence-corrected chi connectivity index (χ0v) is 9.06. The first-order valence-electron chi connectivity index (χ1n) is 5.72. The van der Waals surface area contributed by atoms with Crippen molar-refractivity contribution < 1.29 is 0 Å². The number of para-hydroxylation sites is 1. The van der Waals surface area contributed by atoms with Crippen molar-refractivity contribution in [3.8, 4) is 0 Å². The molecular weight excluding hydrogens is 184 g/mol. The summed E-state index contributed by atoms with van der Waals surface area (Å²) >= 11 is 0. The highest BCUT2D eigenvalue weighted by Crippen LogP contribution is 2.27. The van der Waals surface area contributed by atoms with E-state index in [0.717, 1.165) is 25.9 Å². The molecular formula is C13H16N2. The number of aryl methyl sites for hydroxylation is 1. The van der Waals surface area contributed by atoms with Gasteiger partial charge in [-0.2, -0.15) is 0 Å². The fourth-order valence-electron chi connectivity index (χ4n) is 2.55. The van der Waals surface area contributed by atoms with Crippen molar-refractivity contribution in [2.24, 2.45) is 0 Å². The lowest BCUT2D eigenvalue weighted by Crippen LogP contribution is -2.22. The highest BCUT2D eigenvalue weighted by Gasteiger charge is 2.15. The molecule has 2 heterocycles. The van der Waals surface area contributed by atoms with Crippen molar-refractivity contribution in [2.45, 2.75) is 26.3 Å². The van der Waals surface area contributed by atoms with Crippen LogP contribution in [0.4, 0.5) is 0 Å². The number of aromatic amines is 1. The van der Waals surface area contributed by atoms with E-state index >= 15 is 0 Å². The molecule has 1 aromatic carbocycles. The summed E-state index contributed by atoms with van der Waals surface area (Å²) < 4.78 is 0. The van der Waals surface area contributed by atoms with Gasteiger partial charge in [-0.15, -0.1) is 0 Å². The van der Waals surface area contributed by atoms with Crippen LogP contribution in [0.5, 0.6) is 0 Å². The SMILES string of the molecule is CCc1cccc2c3c([nH]c12)CNCC3. The Kier molecular flexibility index (Phi) is 2.03. The maximum Gasteiger partial charge on any atom is 0.0491 e. The van der Waals surface area contributed by atoms with Crippen molar-refractivity contribution in [2.75, 3.05) is 6.54 Å². The number of hydrogen-bond donors (Lipinski definition) is 2. The van der Waals surface area contributed by atoms with Gasteiger partial charge in [-0.05, 0) is 30.5 Å². The van der Waals surface area contributed by atoms with Crippen molar-refractivity contribution in [3.05, 3.63) is 35.0 Å². The third-order valence-electron chi connectivity index (χ3n) is 3.35. The van der Waals surface area contributed by atoms with Gasteiger partial charge in [0.2, 0.25) is 0 Å². The Hall–Kier alpha value is -1.28. The van der Waals surface area contributed by atoms with Crippen LogP contribution < -0.4 is 5.32 Å². The van der Waals surface area contributed by atoms with Gasteiger partial charge in [-0.3, -0.25) is 0 Å². The molecule has 0 saturated heterocycles. The fraction of sp³-hybridized carbons (Fsp3) is 0.385.